The summed E-state index contributed by atoms with van der Waals surface area (Å²) in [5.41, 5.74) is 6.53. The Kier molecular flexibility index (Phi) is 4.34. The molecular weight excluding hydrogens is 259 g/mol. The van der Waals surface area contributed by atoms with Crippen LogP contribution < -0.4 is 11.1 Å². The smallest absolute Gasteiger partial charge is 0.251 e. The van der Waals surface area contributed by atoms with Crippen LogP contribution >= 0.6 is 0 Å². The number of nitrogens with one attached hydrogen (secondary N) is 2. The summed E-state index contributed by atoms with van der Waals surface area (Å²) in [5, 5.41) is 2.73. The van der Waals surface area contributed by atoms with Crippen molar-refractivity contribution in [3.8, 4) is 0 Å². The maximum absolute atomic E-state index is 13.5. The van der Waals surface area contributed by atoms with Gasteiger partial charge in [-0.05, 0) is 25.5 Å². The maximum Gasteiger partial charge on any atom is 0.251 e. The van der Waals surface area contributed by atoms with E-state index in [0.29, 0.717) is 12.1 Å². The molecule has 5 nitrogen and oxygen atoms in total. The van der Waals surface area contributed by atoms with Gasteiger partial charge < -0.3 is 16.0 Å². The van der Waals surface area contributed by atoms with E-state index in [1.54, 1.807) is 19.3 Å². The number of anilines is 1. The van der Waals surface area contributed by atoms with Gasteiger partial charge in [0.15, 0.2) is 0 Å². The minimum atomic E-state index is -0.467. The highest BCUT2D eigenvalue weighted by Crippen LogP contribution is 2.17. The highest BCUT2D eigenvalue weighted by atomic mass is 19.1. The zero-order chi connectivity index (χ0) is 14.5. The number of aryl methyl sites for hydroxylation is 1. The van der Waals surface area contributed by atoms with Crippen LogP contribution in [-0.4, -0.2) is 22.4 Å². The maximum atomic E-state index is 13.5. The summed E-state index contributed by atoms with van der Waals surface area (Å²) in [7, 11) is 0. The predicted molar refractivity (Wildman–Crippen MR) is 74.8 cm³/mol. The van der Waals surface area contributed by atoms with Crippen LogP contribution in [0.25, 0.3) is 0 Å². The molecule has 1 aromatic heterocycles. The molecule has 2 aromatic rings. The van der Waals surface area contributed by atoms with E-state index in [1.807, 2.05) is 0 Å². The van der Waals surface area contributed by atoms with Gasteiger partial charge in [0, 0.05) is 42.2 Å². The quantitative estimate of drug-likeness (QED) is 0.575. The van der Waals surface area contributed by atoms with Crippen LogP contribution in [-0.2, 0) is 6.42 Å². The number of carbonyl (C=O) groups is 1. The molecule has 0 saturated carbocycles. The molecule has 106 valence electrons. The molecule has 20 heavy (non-hydrogen) atoms. The lowest BCUT2D eigenvalue weighted by Crippen LogP contribution is -2.25. The van der Waals surface area contributed by atoms with Crippen molar-refractivity contribution in [3.63, 3.8) is 0 Å². The molecule has 0 spiro atoms. The zero-order valence-electron chi connectivity index (χ0n) is 11.2. The van der Waals surface area contributed by atoms with Gasteiger partial charge in [0.25, 0.3) is 5.91 Å². The number of nitrogens with two attached hydrogens (primary N) is 1. The number of hydrogen-bond donors (Lipinski definition) is 3. The minimum absolute atomic E-state index is 0.239. The number of benzene rings is 1. The van der Waals surface area contributed by atoms with Gasteiger partial charge in [0.1, 0.15) is 11.6 Å². The van der Waals surface area contributed by atoms with Gasteiger partial charge in [-0.25, -0.2) is 9.37 Å². The Morgan fingerprint density at radius 2 is 2.30 bits per heavy atom. The Morgan fingerprint density at radius 3 is 2.95 bits per heavy atom. The number of rotatable bonds is 5. The molecular formula is C14H17FN4O. The number of nitrogens with zero attached hydrogens (tertiary/aromatic N) is 1. The van der Waals surface area contributed by atoms with E-state index in [2.05, 4.69) is 15.3 Å². The van der Waals surface area contributed by atoms with Crippen molar-refractivity contribution in [1.29, 1.82) is 0 Å². The fourth-order valence-electron chi connectivity index (χ4n) is 1.83. The van der Waals surface area contributed by atoms with Crippen LogP contribution in [0, 0.1) is 12.7 Å². The Balaban J connectivity index is 1.86. The first-order valence-corrected chi connectivity index (χ1v) is 6.40. The Hall–Kier alpha value is -2.37. The third-order valence-electron chi connectivity index (χ3n) is 3.08. The van der Waals surface area contributed by atoms with Crippen molar-refractivity contribution in [2.75, 3.05) is 12.3 Å². The second-order valence-corrected chi connectivity index (χ2v) is 4.57. The number of carbonyl (C=O) groups excluding carboxylic acids is 1. The lowest BCUT2D eigenvalue weighted by Gasteiger charge is -2.08. The fourth-order valence-corrected chi connectivity index (χ4v) is 1.83. The second-order valence-electron chi connectivity index (χ2n) is 4.57. The molecule has 4 N–H and O–H groups in total. The molecule has 0 aliphatic heterocycles. The number of amides is 1. The highest BCUT2D eigenvalue weighted by molar-refractivity contribution is 5.95. The van der Waals surface area contributed by atoms with Crippen molar-refractivity contribution in [3.05, 3.63) is 47.3 Å². The fraction of sp³-hybridized carbons (Fsp3) is 0.286. The summed E-state index contributed by atoms with van der Waals surface area (Å²) in [5.74, 6) is 0.0886. The van der Waals surface area contributed by atoms with E-state index < -0.39 is 5.82 Å². The van der Waals surface area contributed by atoms with E-state index in [-0.39, 0.29) is 17.2 Å². The molecule has 0 aliphatic rings. The van der Waals surface area contributed by atoms with Crippen LogP contribution in [0.1, 0.15) is 28.2 Å². The molecule has 2 rings (SSSR count). The van der Waals surface area contributed by atoms with Gasteiger partial charge in [-0.3, -0.25) is 4.79 Å². The molecule has 6 heteroatoms. The zero-order valence-corrected chi connectivity index (χ0v) is 11.2. The Bertz CT molecular complexity index is 572. The third-order valence-corrected chi connectivity index (χ3v) is 3.08. The number of nitrogen functional groups attached to an aromatic ring is 1. The number of imidazole rings is 1. The second kappa shape index (κ2) is 6.18. The molecule has 1 heterocycles. The monoisotopic (exact) mass is 276 g/mol. The molecule has 1 aromatic carbocycles. The minimum Gasteiger partial charge on any atom is -0.398 e. The van der Waals surface area contributed by atoms with E-state index in [1.165, 1.54) is 12.1 Å². The van der Waals surface area contributed by atoms with Crippen molar-refractivity contribution >= 4 is 11.6 Å². The van der Waals surface area contributed by atoms with Crippen molar-refractivity contribution in [1.82, 2.24) is 15.3 Å². The summed E-state index contributed by atoms with van der Waals surface area (Å²) >= 11 is 0. The van der Waals surface area contributed by atoms with Crippen molar-refractivity contribution in [2.24, 2.45) is 0 Å². The first kappa shape index (κ1) is 14.0. The summed E-state index contributed by atoms with van der Waals surface area (Å²) in [4.78, 5) is 18.9. The third kappa shape index (κ3) is 3.34. The van der Waals surface area contributed by atoms with E-state index in [0.717, 1.165) is 18.7 Å². The number of aromatic amines is 1. The van der Waals surface area contributed by atoms with Crippen LogP contribution in [0.4, 0.5) is 10.1 Å². The van der Waals surface area contributed by atoms with Gasteiger partial charge >= 0.3 is 0 Å². The van der Waals surface area contributed by atoms with Crippen LogP contribution in [0.5, 0.6) is 0 Å². The summed E-state index contributed by atoms with van der Waals surface area (Å²) in [6.45, 7) is 2.07. The summed E-state index contributed by atoms with van der Waals surface area (Å²) < 4.78 is 13.5. The SMILES string of the molecule is Cc1c(N)cc(C(=O)NCCCc2ncc[nH]2)cc1F. The largest absolute Gasteiger partial charge is 0.398 e. The standard InChI is InChI=1S/C14H17FN4O/c1-9-11(15)7-10(8-12(9)16)14(20)19-4-2-3-13-17-5-6-18-13/h5-8H,2-4,16H2,1H3,(H,17,18)(H,19,20). The van der Waals surface area contributed by atoms with Crippen molar-refractivity contribution < 1.29 is 9.18 Å². The molecule has 0 bridgehead atoms. The van der Waals surface area contributed by atoms with Gasteiger partial charge in [0.2, 0.25) is 0 Å². The molecule has 0 unspecified atom stereocenters. The van der Waals surface area contributed by atoms with Gasteiger partial charge in [-0.1, -0.05) is 0 Å². The molecule has 0 fully saturated rings. The lowest BCUT2D eigenvalue weighted by molar-refractivity contribution is 0.0952. The number of aromatic nitrogens is 2. The Morgan fingerprint density at radius 1 is 1.50 bits per heavy atom. The predicted octanol–water partition coefficient (Wildman–Crippen LogP) is 1.80. The molecule has 0 saturated heterocycles. The normalized spacial score (nSPS) is 10.5. The van der Waals surface area contributed by atoms with Gasteiger partial charge in [-0.2, -0.15) is 0 Å². The van der Waals surface area contributed by atoms with E-state index in [4.69, 9.17) is 5.73 Å². The summed E-state index contributed by atoms with van der Waals surface area (Å²) in [6, 6.07) is 2.69. The molecule has 0 atom stereocenters. The van der Waals surface area contributed by atoms with Crippen molar-refractivity contribution in [2.45, 2.75) is 19.8 Å². The number of hydrogen-bond acceptors (Lipinski definition) is 3. The summed E-state index contributed by atoms with van der Waals surface area (Å²) in [6.07, 6.45) is 4.94. The van der Waals surface area contributed by atoms with Gasteiger partial charge in [0.05, 0.1) is 0 Å². The van der Waals surface area contributed by atoms with E-state index in [9.17, 15) is 9.18 Å². The average Bonchev–Trinajstić information content (AvgIpc) is 2.93. The van der Waals surface area contributed by atoms with Crippen LogP contribution in [0.15, 0.2) is 24.5 Å². The van der Waals surface area contributed by atoms with Gasteiger partial charge in [-0.15, -0.1) is 0 Å². The Labute approximate surface area is 116 Å². The van der Waals surface area contributed by atoms with Crippen LogP contribution in [0.3, 0.4) is 0 Å². The lowest BCUT2D eigenvalue weighted by atomic mass is 10.1. The topological polar surface area (TPSA) is 83.8 Å². The average molecular weight is 276 g/mol. The first-order chi connectivity index (χ1) is 9.58. The number of H-pyrrole nitrogens is 1. The van der Waals surface area contributed by atoms with E-state index >= 15 is 0 Å². The molecule has 0 aliphatic carbocycles. The first-order valence-electron chi connectivity index (χ1n) is 6.40. The molecule has 1 amide bonds. The highest BCUT2D eigenvalue weighted by Gasteiger charge is 2.10. The molecule has 0 radical (unpaired) electrons. The number of halogens is 1. The van der Waals surface area contributed by atoms with Crippen LogP contribution in [0.2, 0.25) is 0 Å².